The molecule has 4 nitrogen and oxygen atoms in total. The van der Waals surface area contributed by atoms with Gasteiger partial charge in [0.2, 0.25) is 0 Å². The maximum atomic E-state index is 11.0. The summed E-state index contributed by atoms with van der Waals surface area (Å²) in [7, 11) is 0. The molecule has 1 heterocycles. The number of carbonyl (C=O) groups is 1. The molecule has 1 rings (SSSR count). The van der Waals surface area contributed by atoms with E-state index in [0.717, 1.165) is 25.7 Å². The highest BCUT2D eigenvalue weighted by Crippen LogP contribution is 2.39. The predicted molar refractivity (Wildman–Crippen MR) is 96.7 cm³/mol. The Bertz CT molecular complexity index is 418. The number of hydrogen-bond acceptors (Lipinski definition) is 3. The number of carboxylic acid groups (broad SMARTS) is 1. The minimum Gasteiger partial charge on any atom is -0.481 e. The summed E-state index contributed by atoms with van der Waals surface area (Å²) >= 11 is 0. The zero-order valence-electron chi connectivity index (χ0n) is 16.1. The summed E-state index contributed by atoms with van der Waals surface area (Å²) in [4.78, 5) is 22.3. The normalized spacial score (nSPS) is 29.5. The Balaban J connectivity index is 2.75. The van der Waals surface area contributed by atoms with Gasteiger partial charge in [0.1, 0.15) is 11.7 Å². The largest absolute Gasteiger partial charge is 0.481 e. The van der Waals surface area contributed by atoms with Crippen molar-refractivity contribution in [3.8, 4) is 0 Å². The average Bonchev–Trinajstić information content (AvgIpc) is 2.53. The van der Waals surface area contributed by atoms with Gasteiger partial charge in [0.15, 0.2) is 0 Å². The number of aliphatic carboxylic acids is 1. The summed E-state index contributed by atoms with van der Waals surface area (Å²) in [5.74, 6) is 0.0697. The molecule has 4 unspecified atom stereocenters. The van der Waals surface area contributed by atoms with E-state index in [4.69, 9.17) is 14.9 Å². The SMILES string of the molecule is CCCCC(C)CC(C)=CC1(CC)CC(CC)C(CC(=O)O)OO1. The number of allylic oxidation sites excluding steroid dienone is 1. The smallest absolute Gasteiger partial charge is 0.306 e. The van der Waals surface area contributed by atoms with Gasteiger partial charge in [-0.25, -0.2) is 9.78 Å². The number of unbranched alkanes of at least 4 members (excludes halogenated alkanes) is 1. The van der Waals surface area contributed by atoms with Crippen molar-refractivity contribution in [3.05, 3.63) is 11.6 Å². The maximum Gasteiger partial charge on any atom is 0.306 e. The van der Waals surface area contributed by atoms with Crippen LogP contribution in [0.25, 0.3) is 0 Å². The van der Waals surface area contributed by atoms with Gasteiger partial charge in [-0.05, 0) is 38.0 Å². The lowest BCUT2D eigenvalue weighted by molar-refractivity contribution is -0.409. The second kappa shape index (κ2) is 10.2. The highest BCUT2D eigenvalue weighted by atomic mass is 17.2. The molecular weight excluding hydrogens is 304 g/mol. The van der Waals surface area contributed by atoms with Crippen molar-refractivity contribution in [1.82, 2.24) is 0 Å². The molecule has 24 heavy (non-hydrogen) atoms. The molecule has 1 aliphatic heterocycles. The molecule has 0 aromatic rings. The lowest BCUT2D eigenvalue weighted by atomic mass is 9.80. The van der Waals surface area contributed by atoms with Crippen LogP contribution in [0.1, 0.15) is 86.0 Å². The van der Waals surface area contributed by atoms with E-state index in [0.29, 0.717) is 5.92 Å². The fourth-order valence-electron chi connectivity index (χ4n) is 3.73. The van der Waals surface area contributed by atoms with Gasteiger partial charge in [-0.3, -0.25) is 4.79 Å². The van der Waals surface area contributed by atoms with Gasteiger partial charge in [-0.15, -0.1) is 0 Å². The van der Waals surface area contributed by atoms with Crippen molar-refractivity contribution < 1.29 is 19.7 Å². The minimum absolute atomic E-state index is 0.00898. The molecule has 4 atom stereocenters. The van der Waals surface area contributed by atoms with Gasteiger partial charge >= 0.3 is 5.97 Å². The molecule has 0 aromatic carbocycles. The zero-order chi connectivity index (χ0) is 18.2. The van der Waals surface area contributed by atoms with Crippen LogP contribution in [-0.2, 0) is 14.6 Å². The topological polar surface area (TPSA) is 55.8 Å². The van der Waals surface area contributed by atoms with Crippen LogP contribution in [0.4, 0.5) is 0 Å². The second-order valence-electron chi connectivity index (χ2n) is 7.55. The fourth-order valence-corrected chi connectivity index (χ4v) is 3.73. The van der Waals surface area contributed by atoms with Crippen LogP contribution in [0.2, 0.25) is 0 Å². The third kappa shape index (κ3) is 6.56. The van der Waals surface area contributed by atoms with E-state index in [1.54, 1.807) is 0 Å². The van der Waals surface area contributed by atoms with E-state index in [2.05, 4.69) is 40.7 Å². The predicted octanol–water partition coefficient (Wildman–Crippen LogP) is 5.52. The Morgan fingerprint density at radius 3 is 2.62 bits per heavy atom. The van der Waals surface area contributed by atoms with E-state index in [1.807, 2.05) is 0 Å². The Kier molecular flexibility index (Phi) is 8.99. The average molecular weight is 341 g/mol. The molecule has 0 aliphatic carbocycles. The van der Waals surface area contributed by atoms with Crippen LogP contribution in [0.5, 0.6) is 0 Å². The molecule has 1 N–H and O–H groups in total. The summed E-state index contributed by atoms with van der Waals surface area (Å²) in [6.45, 7) is 10.9. The van der Waals surface area contributed by atoms with Gasteiger partial charge in [0, 0.05) is 0 Å². The summed E-state index contributed by atoms with van der Waals surface area (Å²) in [5.41, 5.74) is 0.931. The lowest BCUT2D eigenvalue weighted by Crippen LogP contribution is -2.44. The monoisotopic (exact) mass is 340 g/mol. The molecule has 1 saturated heterocycles. The Hall–Kier alpha value is -0.870. The molecule has 1 aliphatic rings. The quantitative estimate of drug-likeness (QED) is 0.420. The van der Waals surface area contributed by atoms with Crippen LogP contribution in [0.3, 0.4) is 0 Å². The number of hydrogen-bond donors (Lipinski definition) is 1. The summed E-state index contributed by atoms with van der Waals surface area (Å²) in [6, 6.07) is 0. The van der Waals surface area contributed by atoms with Crippen molar-refractivity contribution in [3.63, 3.8) is 0 Å². The van der Waals surface area contributed by atoms with Gasteiger partial charge in [0.05, 0.1) is 6.42 Å². The maximum absolute atomic E-state index is 11.0. The van der Waals surface area contributed by atoms with E-state index >= 15 is 0 Å². The lowest BCUT2D eigenvalue weighted by Gasteiger charge is -2.41. The minimum atomic E-state index is -0.831. The summed E-state index contributed by atoms with van der Waals surface area (Å²) in [5, 5.41) is 9.03. The molecule has 0 aromatic heterocycles. The number of rotatable bonds is 10. The van der Waals surface area contributed by atoms with Crippen molar-refractivity contribution in [2.24, 2.45) is 11.8 Å². The Labute approximate surface area is 147 Å². The molecule has 0 spiro atoms. The van der Waals surface area contributed by atoms with E-state index in [1.165, 1.54) is 24.8 Å². The number of carboxylic acids is 1. The van der Waals surface area contributed by atoms with E-state index in [9.17, 15) is 4.79 Å². The molecule has 0 radical (unpaired) electrons. The first-order chi connectivity index (χ1) is 11.4. The van der Waals surface area contributed by atoms with Gasteiger partial charge in [-0.2, -0.15) is 0 Å². The first-order valence-electron chi connectivity index (χ1n) is 9.60. The van der Waals surface area contributed by atoms with E-state index in [-0.39, 0.29) is 18.4 Å². The third-order valence-corrected chi connectivity index (χ3v) is 5.20. The molecule has 0 amide bonds. The van der Waals surface area contributed by atoms with Crippen LogP contribution >= 0.6 is 0 Å². The van der Waals surface area contributed by atoms with Crippen LogP contribution in [0, 0.1) is 11.8 Å². The molecular formula is C20H36O4. The van der Waals surface area contributed by atoms with Crippen LogP contribution in [-0.4, -0.2) is 22.8 Å². The fraction of sp³-hybridized carbons (Fsp3) is 0.850. The van der Waals surface area contributed by atoms with Crippen molar-refractivity contribution in [1.29, 1.82) is 0 Å². The van der Waals surface area contributed by atoms with Gasteiger partial charge < -0.3 is 5.11 Å². The third-order valence-electron chi connectivity index (χ3n) is 5.20. The highest BCUT2D eigenvalue weighted by molar-refractivity contribution is 5.67. The van der Waals surface area contributed by atoms with Gasteiger partial charge in [0.25, 0.3) is 0 Å². The summed E-state index contributed by atoms with van der Waals surface area (Å²) in [6.07, 6.45) is 9.34. The first-order valence-corrected chi connectivity index (χ1v) is 9.60. The molecule has 140 valence electrons. The zero-order valence-corrected chi connectivity index (χ0v) is 16.1. The molecule has 1 fully saturated rings. The van der Waals surface area contributed by atoms with Crippen molar-refractivity contribution in [2.75, 3.05) is 0 Å². The van der Waals surface area contributed by atoms with Crippen molar-refractivity contribution in [2.45, 2.75) is 97.7 Å². The standard InChI is InChI=1S/C20H36O4/c1-6-9-10-15(4)11-16(5)13-20(8-3)14-17(7-2)18(23-24-20)12-19(21)22/h13,15,17-18H,6-12,14H2,1-5H3,(H,21,22). The van der Waals surface area contributed by atoms with Crippen molar-refractivity contribution >= 4 is 5.97 Å². The Morgan fingerprint density at radius 2 is 2.08 bits per heavy atom. The second-order valence-corrected chi connectivity index (χ2v) is 7.55. The van der Waals surface area contributed by atoms with E-state index < -0.39 is 11.6 Å². The highest BCUT2D eigenvalue weighted by Gasteiger charge is 2.41. The molecule has 0 saturated carbocycles. The molecule has 0 bridgehead atoms. The van der Waals surface area contributed by atoms with Crippen LogP contribution < -0.4 is 0 Å². The summed E-state index contributed by atoms with van der Waals surface area (Å²) < 4.78 is 0. The molecule has 4 heteroatoms. The Morgan fingerprint density at radius 1 is 1.38 bits per heavy atom. The van der Waals surface area contributed by atoms with Crippen LogP contribution in [0.15, 0.2) is 11.6 Å². The van der Waals surface area contributed by atoms with Gasteiger partial charge in [-0.1, -0.05) is 65.0 Å². The first kappa shape index (κ1) is 21.2.